The molecule has 4 rings (SSSR count). The van der Waals surface area contributed by atoms with E-state index in [0.29, 0.717) is 41.8 Å². The molecule has 2 aliphatic heterocycles. The molecule has 30 heavy (non-hydrogen) atoms. The van der Waals surface area contributed by atoms with Crippen LogP contribution in [0.15, 0.2) is 42.5 Å². The number of rotatable bonds is 6. The monoisotopic (exact) mass is 430 g/mol. The summed E-state index contributed by atoms with van der Waals surface area (Å²) in [4.78, 5) is 26.9. The van der Waals surface area contributed by atoms with E-state index in [0.717, 1.165) is 5.69 Å². The van der Waals surface area contributed by atoms with E-state index in [1.807, 2.05) is 12.1 Å². The fourth-order valence-corrected chi connectivity index (χ4v) is 3.64. The summed E-state index contributed by atoms with van der Waals surface area (Å²) in [7, 11) is 0. The normalized spacial score (nSPS) is 17.9. The molecule has 0 bridgehead atoms. The van der Waals surface area contributed by atoms with Gasteiger partial charge in [-0.05, 0) is 50.2 Å². The Morgan fingerprint density at radius 3 is 2.70 bits per heavy atom. The van der Waals surface area contributed by atoms with Crippen molar-refractivity contribution < 1.29 is 23.8 Å². The van der Waals surface area contributed by atoms with Crippen molar-refractivity contribution in [2.75, 3.05) is 24.8 Å². The largest absolute Gasteiger partial charge is 0.478 e. The van der Waals surface area contributed by atoms with Gasteiger partial charge < -0.3 is 24.4 Å². The van der Waals surface area contributed by atoms with E-state index in [4.69, 9.17) is 25.8 Å². The van der Waals surface area contributed by atoms with E-state index in [9.17, 15) is 9.59 Å². The van der Waals surface area contributed by atoms with Gasteiger partial charge in [0.15, 0.2) is 17.1 Å². The maximum absolute atomic E-state index is 12.7. The molecule has 2 heterocycles. The van der Waals surface area contributed by atoms with Crippen LogP contribution in [0.5, 0.6) is 17.2 Å². The lowest BCUT2D eigenvalue weighted by atomic mass is 10.1. The molecule has 0 spiro atoms. The van der Waals surface area contributed by atoms with E-state index >= 15 is 0 Å². The van der Waals surface area contributed by atoms with Crippen molar-refractivity contribution in [1.29, 1.82) is 0 Å². The molecule has 0 aliphatic carbocycles. The van der Waals surface area contributed by atoms with Crippen LogP contribution in [0.1, 0.15) is 20.3 Å². The summed E-state index contributed by atoms with van der Waals surface area (Å²) in [6, 6.07) is 12.3. The lowest BCUT2D eigenvalue weighted by Gasteiger charge is -2.26. The molecule has 1 atom stereocenters. The molecular weight excluding hydrogens is 408 g/mol. The summed E-state index contributed by atoms with van der Waals surface area (Å²) in [5.74, 6) is 1.66. The van der Waals surface area contributed by atoms with Crippen molar-refractivity contribution in [2.45, 2.75) is 25.9 Å². The van der Waals surface area contributed by atoms with Crippen LogP contribution >= 0.6 is 11.6 Å². The first-order valence-electron chi connectivity index (χ1n) is 9.75. The van der Waals surface area contributed by atoms with Gasteiger partial charge in [-0.1, -0.05) is 11.6 Å². The number of nitrogens with one attached hydrogen (secondary N) is 1. The summed E-state index contributed by atoms with van der Waals surface area (Å²) in [6.45, 7) is 4.51. The minimum Gasteiger partial charge on any atom is -0.478 e. The Bertz CT molecular complexity index is 961. The number of carbonyl (C=O) groups excluding carboxylic acids is 2. The van der Waals surface area contributed by atoms with Crippen LogP contribution in [0.25, 0.3) is 0 Å². The molecule has 1 fully saturated rings. The Hall–Kier alpha value is -2.93. The van der Waals surface area contributed by atoms with Crippen LogP contribution in [-0.4, -0.2) is 37.3 Å². The predicted octanol–water partition coefficient (Wildman–Crippen LogP) is 3.40. The third-order valence-corrected chi connectivity index (χ3v) is 5.41. The molecule has 0 saturated carbocycles. The summed E-state index contributed by atoms with van der Waals surface area (Å²) < 4.78 is 16.5. The quantitative estimate of drug-likeness (QED) is 0.760. The summed E-state index contributed by atoms with van der Waals surface area (Å²) in [5, 5.41) is 3.52. The summed E-state index contributed by atoms with van der Waals surface area (Å²) >= 11 is 5.88. The second-order valence-corrected chi connectivity index (χ2v) is 8.32. The first kappa shape index (κ1) is 20.3. The highest BCUT2D eigenvalue weighted by atomic mass is 35.5. The molecule has 1 N–H and O–H groups in total. The van der Waals surface area contributed by atoms with Gasteiger partial charge in [0.25, 0.3) is 5.91 Å². The fourth-order valence-electron chi connectivity index (χ4n) is 3.51. The van der Waals surface area contributed by atoms with Crippen LogP contribution in [0, 0.1) is 5.92 Å². The lowest BCUT2D eigenvalue weighted by molar-refractivity contribution is -0.134. The van der Waals surface area contributed by atoms with Crippen LogP contribution in [0.2, 0.25) is 5.02 Å². The highest BCUT2D eigenvalue weighted by Crippen LogP contribution is 2.37. The summed E-state index contributed by atoms with van der Waals surface area (Å²) in [6.07, 6.45) is 0.368. The molecule has 2 aromatic carbocycles. The zero-order chi connectivity index (χ0) is 21.3. The molecule has 8 heteroatoms. The number of anilines is 1. The second-order valence-electron chi connectivity index (χ2n) is 7.89. The Labute approximate surface area is 179 Å². The molecule has 1 saturated heterocycles. The van der Waals surface area contributed by atoms with E-state index in [2.05, 4.69) is 5.32 Å². The first-order chi connectivity index (χ1) is 14.3. The maximum atomic E-state index is 12.7. The van der Waals surface area contributed by atoms with E-state index in [-0.39, 0.29) is 24.5 Å². The first-order valence-corrected chi connectivity index (χ1v) is 10.1. The second kappa shape index (κ2) is 8.07. The number of carbonyl (C=O) groups is 2. The van der Waals surface area contributed by atoms with Crippen molar-refractivity contribution in [3.63, 3.8) is 0 Å². The molecular formula is C22H23ClN2O5. The number of benzene rings is 2. The smallest absolute Gasteiger partial charge is 0.263 e. The SMILES string of the molecule is CC(C)(Oc1ccc(Cl)cc1)C(=O)NC[C@H]1CC(=O)N(c2ccc3c(c2)OCO3)C1. The zero-order valence-corrected chi connectivity index (χ0v) is 17.6. The topological polar surface area (TPSA) is 77.1 Å². The molecule has 158 valence electrons. The van der Waals surface area contributed by atoms with Gasteiger partial charge in [-0.2, -0.15) is 0 Å². The van der Waals surface area contributed by atoms with E-state index in [1.165, 1.54) is 0 Å². The average Bonchev–Trinajstić information content (AvgIpc) is 3.33. The van der Waals surface area contributed by atoms with Crippen LogP contribution in [-0.2, 0) is 9.59 Å². The van der Waals surface area contributed by atoms with Gasteiger partial charge in [0.2, 0.25) is 12.7 Å². The van der Waals surface area contributed by atoms with Gasteiger partial charge in [-0.15, -0.1) is 0 Å². The lowest BCUT2D eigenvalue weighted by Crippen LogP contribution is -2.48. The molecule has 0 radical (unpaired) electrons. The molecule has 7 nitrogen and oxygen atoms in total. The molecule has 0 unspecified atom stereocenters. The van der Waals surface area contributed by atoms with Crippen molar-refractivity contribution in [3.8, 4) is 17.2 Å². The number of nitrogens with zero attached hydrogens (tertiary/aromatic N) is 1. The number of hydrogen-bond donors (Lipinski definition) is 1. The van der Waals surface area contributed by atoms with Crippen LogP contribution in [0.4, 0.5) is 5.69 Å². The predicted molar refractivity (Wildman–Crippen MR) is 112 cm³/mol. The Kier molecular flexibility index (Phi) is 5.47. The number of ether oxygens (including phenoxy) is 3. The fraction of sp³-hybridized carbons (Fsp3) is 0.364. The van der Waals surface area contributed by atoms with Gasteiger partial charge in [0.05, 0.1) is 0 Å². The van der Waals surface area contributed by atoms with Crippen molar-refractivity contribution in [3.05, 3.63) is 47.5 Å². The van der Waals surface area contributed by atoms with Crippen LogP contribution < -0.4 is 24.4 Å². The highest BCUT2D eigenvalue weighted by molar-refractivity contribution is 6.30. The molecule has 2 aromatic rings. The number of hydrogen-bond acceptors (Lipinski definition) is 5. The number of halogens is 1. The molecule has 0 aromatic heterocycles. The number of fused-ring (bicyclic) bond motifs is 1. The molecule has 2 amide bonds. The zero-order valence-electron chi connectivity index (χ0n) is 16.8. The summed E-state index contributed by atoms with van der Waals surface area (Å²) in [5.41, 5.74) is -0.294. The average molecular weight is 431 g/mol. The maximum Gasteiger partial charge on any atom is 0.263 e. The minimum atomic E-state index is -1.06. The van der Waals surface area contributed by atoms with E-state index in [1.54, 1.807) is 49.1 Å². The Morgan fingerprint density at radius 2 is 1.93 bits per heavy atom. The van der Waals surface area contributed by atoms with Crippen LogP contribution in [0.3, 0.4) is 0 Å². The number of amides is 2. The van der Waals surface area contributed by atoms with Crippen molar-refractivity contribution in [2.24, 2.45) is 5.92 Å². The Balaban J connectivity index is 1.33. The highest BCUT2D eigenvalue weighted by Gasteiger charge is 2.34. The van der Waals surface area contributed by atoms with Crippen molar-refractivity contribution in [1.82, 2.24) is 5.32 Å². The molecule has 2 aliphatic rings. The standard InChI is InChI=1S/C22H23ClN2O5/c1-22(2,30-17-6-3-15(23)4-7-17)21(27)24-11-14-9-20(26)25(12-14)16-5-8-18-19(10-16)29-13-28-18/h3-8,10,14H,9,11-13H2,1-2H3,(H,24,27)/t14-/m1/s1. The van der Waals surface area contributed by atoms with Gasteiger partial charge in [-0.3, -0.25) is 9.59 Å². The Morgan fingerprint density at radius 1 is 1.20 bits per heavy atom. The third-order valence-electron chi connectivity index (χ3n) is 5.16. The van der Waals surface area contributed by atoms with E-state index < -0.39 is 5.60 Å². The third kappa shape index (κ3) is 4.31. The minimum absolute atomic E-state index is 0.0122. The van der Waals surface area contributed by atoms with Gasteiger partial charge in [0.1, 0.15) is 5.75 Å². The van der Waals surface area contributed by atoms with Gasteiger partial charge in [0, 0.05) is 42.2 Å². The van der Waals surface area contributed by atoms with Crippen molar-refractivity contribution >= 4 is 29.1 Å². The van der Waals surface area contributed by atoms with Gasteiger partial charge in [-0.25, -0.2) is 0 Å². The van der Waals surface area contributed by atoms with Gasteiger partial charge >= 0.3 is 0 Å².